The number of aromatic hydroxyl groups is 1. The molecule has 0 spiro atoms. The molecule has 0 aliphatic heterocycles. The molecular weight excluding hydrogens is 196 g/mol. The first-order valence-corrected chi connectivity index (χ1v) is 5.56. The highest BCUT2D eigenvalue weighted by Crippen LogP contribution is 2.24. The summed E-state index contributed by atoms with van der Waals surface area (Å²) < 4.78 is 0. The molecule has 0 aliphatic rings. The Kier molecular flexibility index (Phi) is 2.95. The number of benzene rings is 2. The molecule has 1 nitrogen and oxygen atoms in total. The molecule has 0 bridgehead atoms. The molecule has 2 aromatic carbocycles. The zero-order valence-electron chi connectivity index (χ0n) is 9.64. The van der Waals surface area contributed by atoms with E-state index in [-0.39, 0.29) is 0 Å². The fourth-order valence-electron chi connectivity index (χ4n) is 1.71. The fourth-order valence-corrected chi connectivity index (χ4v) is 1.71. The molecule has 0 heterocycles. The van der Waals surface area contributed by atoms with E-state index in [1.165, 1.54) is 11.1 Å². The van der Waals surface area contributed by atoms with Gasteiger partial charge in [-0.2, -0.15) is 0 Å². The lowest BCUT2D eigenvalue weighted by Crippen LogP contribution is -1.86. The van der Waals surface area contributed by atoms with Crippen LogP contribution < -0.4 is 0 Å². The minimum Gasteiger partial charge on any atom is -0.508 e. The molecule has 0 saturated heterocycles. The van der Waals surface area contributed by atoms with Crippen molar-refractivity contribution in [3.63, 3.8) is 0 Å². The minimum absolute atomic E-state index is 0.308. The fraction of sp³-hybridized carbons (Fsp3) is 0.200. The van der Waals surface area contributed by atoms with Crippen molar-refractivity contribution in [1.82, 2.24) is 0 Å². The second kappa shape index (κ2) is 4.40. The average molecular weight is 212 g/mol. The monoisotopic (exact) mass is 212 g/mol. The Bertz CT molecular complexity index is 452. The predicted molar refractivity (Wildman–Crippen MR) is 67.6 cm³/mol. The Balaban J connectivity index is 2.31. The summed E-state index contributed by atoms with van der Waals surface area (Å²) in [4.78, 5) is 0. The van der Waals surface area contributed by atoms with E-state index in [0.717, 1.165) is 5.56 Å². The van der Waals surface area contributed by atoms with E-state index in [0.29, 0.717) is 11.7 Å². The van der Waals surface area contributed by atoms with Gasteiger partial charge in [0.2, 0.25) is 0 Å². The number of phenols is 1. The summed E-state index contributed by atoms with van der Waals surface area (Å²) in [5.41, 5.74) is 3.67. The largest absolute Gasteiger partial charge is 0.508 e. The Morgan fingerprint density at radius 1 is 0.750 bits per heavy atom. The van der Waals surface area contributed by atoms with Gasteiger partial charge in [-0.3, -0.25) is 0 Å². The highest BCUT2D eigenvalue weighted by Gasteiger charge is 2.00. The second-order valence-corrected chi connectivity index (χ2v) is 4.32. The number of hydrogen-bond acceptors (Lipinski definition) is 1. The van der Waals surface area contributed by atoms with E-state index < -0.39 is 0 Å². The van der Waals surface area contributed by atoms with Crippen LogP contribution in [0.1, 0.15) is 25.3 Å². The van der Waals surface area contributed by atoms with Gasteiger partial charge < -0.3 is 5.11 Å². The van der Waals surface area contributed by atoms with Crippen LogP contribution in [-0.4, -0.2) is 5.11 Å². The van der Waals surface area contributed by atoms with E-state index >= 15 is 0 Å². The molecule has 2 rings (SSSR count). The van der Waals surface area contributed by atoms with Gasteiger partial charge in [-0.1, -0.05) is 50.2 Å². The van der Waals surface area contributed by atoms with Crippen LogP contribution in [0.4, 0.5) is 0 Å². The predicted octanol–water partition coefficient (Wildman–Crippen LogP) is 4.18. The van der Waals surface area contributed by atoms with Gasteiger partial charge in [0.25, 0.3) is 0 Å². The van der Waals surface area contributed by atoms with Gasteiger partial charge in [-0.15, -0.1) is 0 Å². The summed E-state index contributed by atoms with van der Waals surface area (Å²) in [5.74, 6) is 0.872. The molecule has 0 amide bonds. The molecule has 0 aliphatic carbocycles. The van der Waals surface area contributed by atoms with Crippen molar-refractivity contribution < 1.29 is 5.11 Å². The summed E-state index contributed by atoms with van der Waals surface area (Å²) in [5, 5.41) is 9.22. The molecule has 0 radical (unpaired) electrons. The third-order valence-electron chi connectivity index (χ3n) is 2.78. The maximum absolute atomic E-state index is 9.22. The molecule has 0 aromatic heterocycles. The molecule has 0 saturated carbocycles. The van der Waals surface area contributed by atoms with Crippen molar-refractivity contribution >= 4 is 0 Å². The third kappa shape index (κ3) is 2.25. The van der Waals surface area contributed by atoms with Crippen molar-refractivity contribution in [2.24, 2.45) is 0 Å². The van der Waals surface area contributed by atoms with Crippen LogP contribution in [0, 0.1) is 0 Å². The maximum atomic E-state index is 9.22. The van der Waals surface area contributed by atoms with E-state index in [1.807, 2.05) is 12.1 Å². The standard InChI is InChI=1S/C15H16O/c1-11(2)12-3-5-13(6-4-12)14-7-9-15(16)10-8-14/h3-11,16H,1-2H3. The summed E-state index contributed by atoms with van der Waals surface area (Å²) in [6.07, 6.45) is 0. The summed E-state index contributed by atoms with van der Waals surface area (Å²) in [6.45, 7) is 4.38. The van der Waals surface area contributed by atoms with Gasteiger partial charge in [0.05, 0.1) is 0 Å². The van der Waals surface area contributed by atoms with Gasteiger partial charge in [-0.05, 0) is 34.7 Å². The Morgan fingerprint density at radius 2 is 1.19 bits per heavy atom. The summed E-state index contributed by atoms with van der Waals surface area (Å²) in [6, 6.07) is 15.9. The highest BCUT2D eigenvalue weighted by molar-refractivity contribution is 5.64. The lowest BCUT2D eigenvalue weighted by atomic mass is 9.99. The van der Waals surface area contributed by atoms with Crippen LogP contribution in [0.2, 0.25) is 0 Å². The van der Waals surface area contributed by atoms with E-state index in [9.17, 15) is 5.11 Å². The summed E-state index contributed by atoms with van der Waals surface area (Å²) in [7, 11) is 0. The van der Waals surface area contributed by atoms with Crippen LogP contribution in [0.25, 0.3) is 11.1 Å². The quantitative estimate of drug-likeness (QED) is 0.791. The van der Waals surface area contributed by atoms with Crippen LogP contribution >= 0.6 is 0 Å². The molecule has 2 aromatic rings. The molecule has 82 valence electrons. The SMILES string of the molecule is CC(C)c1ccc(-c2ccc(O)cc2)cc1. The van der Waals surface area contributed by atoms with Gasteiger partial charge in [-0.25, -0.2) is 0 Å². The van der Waals surface area contributed by atoms with E-state index in [2.05, 4.69) is 38.1 Å². The molecule has 1 N–H and O–H groups in total. The molecule has 0 atom stereocenters. The van der Waals surface area contributed by atoms with Gasteiger partial charge in [0, 0.05) is 0 Å². The number of hydrogen-bond donors (Lipinski definition) is 1. The zero-order chi connectivity index (χ0) is 11.5. The minimum atomic E-state index is 0.308. The molecular formula is C15H16O. The maximum Gasteiger partial charge on any atom is 0.115 e. The van der Waals surface area contributed by atoms with Crippen molar-refractivity contribution in [2.75, 3.05) is 0 Å². The van der Waals surface area contributed by atoms with Gasteiger partial charge in [0.15, 0.2) is 0 Å². The second-order valence-electron chi connectivity index (χ2n) is 4.32. The summed E-state index contributed by atoms with van der Waals surface area (Å²) >= 11 is 0. The first-order valence-electron chi connectivity index (χ1n) is 5.56. The van der Waals surface area contributed by atoms with Gasteiger partial charge >= 0.3 is 0 Å². The normalized spacial score (nSPS) is 10.7. The Morgan fingerprint density at radius 3 is 1.62 bits per heavy atom. The molecule has 16 heavy (non-hydrogen) atoms. The van der Waals surface area contributed by atoms with E-state index in [4.69, 9.17) is 0 Å². The zero-order valence-corrected chi connectivity index (χ0v) is 9.64. The van der Waals surface area contributed by atoms with E-state index in [1.54, 1.807) is 12.1 Å². The molecule has 0 unspecified atom stereocenters. The van der Waals surface area contributed by atoms with Crippen LogP contribution in [0.5, 0.6) is 5.75 Å². The van der Waals surface area contributed by atoms with Crippen molar-refractivity contribution in [2.45, 2.75) is 19.8 Å². The van der Waals surface area contributed by atoms with Crippen molar-refractivity contribution in [1.29, 1.82) is 0 Å². The van der Waals surface area contributed by atoms with Gasteiger partial charge in [0.1, 0.15) is 5.75 Å². The average Bonchev–Trinajstić information content (AvgIpc) is 2.30. The lowest BCUT2D eigenvalue weighted by molar-refractivity contribution is 0.475. The highest BCUT2D eigenvalue weighted by atomic mass is 16.3. The van der Waals surface area contributed by atoms with Crippen molar-refractivity contribution in [3.8, 4) is 16.9 Å². The Labute approximate surface area is 96.4 Å². The first-order chi connectivity index (χ1) is 7.66. The third-order valence-corrected chi connectivity index (χ3v) is 2.78. The van der Waals surface area contributed by atoms with Crippen LogP contribution in [-0.2, 0) is 0 Å². The van der Waals surface area contributed by atoms with Crippen molar-refractivity contribution in [3.05, 3.63) is 54.1 Å². The lowest BCUT2D eigenvalue weighted by Gasteiger charge is -2.07. The molecule has 0 fully saturated rings. The topological polar surface area (TPSA) is 20.2 Å². The number of rotatable bonds is 2. The first kappa shape index (κ1) is 10.7. The smallest absolute Gasteiger partial charge is 0.115 e. The van der Waals surface area contributed by atoms with Crippen LogP contribution in [0.3, 0.4) is 0 Å². The number of phenolic OH excluding ortho intramolecular Hbond substituents is 1. The van der Waals surface area contributed by atoms with Crippen LogP contribution in [0.15, 0.2) is 48.5 Å². The Hall–Kier alpha value is -1.76. The molecule has 1 heteroatoms.